The zero-order valence-electron chi connectivity index (χ0n) is 11.0. The summed E-state index contributed by atoms with van der Waals surface area (Å²) in [7, 11) is -3.36. The van der Waals surface area contributed by atoms with Crippen LogP contribution in [0.15, 0.2) is 48.8 Å². The lowest BCUT2D eigenvalue weighted by Crippen LogP contribution is -2.29. The van der Waals surface area contributed by atoms with Crippen molar-refractivity contribution < 1.29 is 12.8 Å². The Morgan fingerprint density at radius 3 is 2.30 bits per heavy atom. The highest BCUT2D eigenvalue weighted by atomic mass is 32.2. The maximum Gasteiger partial charge on any atom is 0.211 e. The number of rotatable bonds is 5. The smallest absolute Gasteiger partial charge is 0.211 e. The van der Waals surface area contributed by atoms with E-state index in [-0.39, 0.29) is 18.9 Å². The second-order valence-corrected chi connectivity index (χ2v) is 6.50. The Hall–Kier alpha value is -1.79. The van der Waals surface area contributed by atoms with E-state index < -0.39 is 10.0 Å². The number of nitrogens with zero attached hydrogens (tertiary/aromatic N) is 2. The second kappa shape index (κ2) is 6.11. The highest BCUT2D eigenvalue weighted by Gasteiger charge is 2.17. The van der Waals surface area contributed by atoms with E-state index in [1.54, 1.807) is 30.6 Å². The predicted octanol–water partition coefficient (Wildman–Crippen LogP) is 2.18. The van der Waals surface area contributed by atoms with Gasteiger partial charge in [0.1, 0.15) is 5.82 Å². The van der Waals surface area contributed by atoms with Crippen molar-refractivity contribution in [1.29, 1.82) is 0 Å². The van der Waals surface area contributed by atoms with Gasteiger partial charge in [-0.2, -0.15) is 4.31 Å². The number of benzene rings is 1. The molecule has 0 fully saturated rings. The first-order chi connectivity index (χ1) is 9.45. The predicted molar refractivity (Wildman–Crippen MR) is 74.7 cm³/mol. The van der Waals surface area contributed by atoms with Gasteiger partial charge < -0.3 is 0 Å². The number of sulfonamides is 1. The highest BCUT2D eigenvalue weighted by molar-refractivity contribution is 7.88. The molecule has 1 aromatic heterocycles. The maximum atomic E-state index is 12.9. The van der Waals surface area contributed by atoms with Crippen molar-refractivity contribution in [3.63, 3.8) is 0 Å². The van der Waals surface area contributed by atoms with Crippen molar-refractivity contribution in [3.8, 4) is 0 Å². The summed E-state index contributed by atoms with van der Waals surface area (Å²) in [5, 5.41) is 0. The molecule has 6 heteroatoms. The van der Waals surface area contributed by atoms with E-state index in [4.69, 9.17) is 0 Å². The third kappa shape index (κ3) is 4.11. The van der Waals surface area contributed by atoms with Crippen LogP contribution in [-0.2, 0) is 23.1 Å². The van der Waals surface area contributed by atoms with Gasteiger partial charge in [-0.3, -0.25) is 4.98 Å². The minimum atomic E-state index is -3.36. The molecule has 0 radical (unpaired) electrons. The Kier molecular flexibility index (Phi) is 4.46. The molecule has 0 aliphatic rings. The Morgan fingerprint density at radius 1 is 1.10 bits per heavy atom. The van der Waals surface area contributed by atoms with Gasteiger partial charge >= 0.3 is 0 Å². The number of hydrogen-bond donors (Lipinski definition) is 0. The van der Waals surface area contributed by atoms with E-state index in [0.29, 0.717) is 0 Å². The summed E-state index contributed by atoms with van der Waals surface area (Å²) in [6.45, 7) is 0.443. The first-order valence-corrected chi connectivity index (χ1v) is 7.88. The number of pyridine rings is 1. The molecule has 0 N–H and O–H groups in total. The fourth-order valence-corrected chi connectivity index (χ4v) is 2.55. The molecule has 0 unspecified atom stereocenters. The molecular weight excluding hydrogens is 279 g/mol. The van der Waals surface area contributed by atoms with Gasteiger partial charge in [0.15, 0.2) is 0 Å². The van der Waals surface area contributed by atoms with Crippen molar-refractivity contribution in [2.45, 2.75) is 13.1 Å². The van der Waals surface area contributed by atoms with Crippen LogP contribution < -0.4 is 0 Å². The van der Waals surface area contributed by atoms with E-state index in [1.807, 2.05) is 6.07 Å². The number of halogens is 1. The minimum Gasteiger partial charge on any atom is -0.264 e. The van der Waals surface area contributed by atoms with Gasteiger partial charge in [-0.05, 0) is 29.3 Å². The quantitative estimate of drug-likeness (QED) is 0.849. The Labute approximate surface area is 117 Å². The third-order valence-electron chi connectivity index (χ3n) is 2.82. The van der Waals surface area contributed by atoms with Crippen LogP contribution in [0.4, 0.5) is 4.39 Å². The molecule has 106 valence electrons. The highest BCUT2D eigenvalue weighted by Crippen LogP contribution is 2.13. The topological polar surface area (TPSA) is 50.3 Å². The molecule has 0 aliphatic heterocycles. The van der Waals surface area contributed by atoms with Crippen LogP contribution in [0.1, 0.15) is 11.1 Å². The molecule has 0 aliphatic carbocycles. The molecule has 2 aromatic rings. The summed E-state index contributed by atoms with van der Waals surface area (Å²) in [6, 6.07) is 9.37. The summed E-state index contributed by atoms with van der Waals surface area (Å²) in [6.07, 6.45) is 4.42. The van der Waals surface area contributed by atoms with Gasteiger partial charge in [-0.15, -0.1) is 0 Å². The molecule has 0 amide bonds. The number of hydrogen-bond acceptors (Lipinski definition) is 3. The lowest BCUT2D eigenvalue weighted by atomic mass is 10.2. The average Bonchev–Trinajstić information content (AvgIpc) is 2.40. The third-order valence-corrected chi connectivity index (χ3v) is 4.02. The van der Waals surface area contributed by atoms with Crippen LogP contribution in [0, 0.1) is 5.82 Å². The van der Waals surface area contributed by atoms with Gasteiger partial charge in [0, 0.05) is 25.5 Å². The standard InChI is InChI=1S/C14H15FN2O2S/c1-20(18,19)17(11-13-3-2-8-16-9-13)10-12-4-6-14(15)7-5-12/h2-9H,10-11H2,1H3. The van der Waals surface area contributed by atoms with Crippen LogP contribution in [-0.4, -0.2) is 24.0 Å². The van der Waals surface area contributed by atoms with Crippen LogP contribution in [0.3, 0.4) is 0 Å². The van der Waals surface area contributed by atoms with E-state index in [9.17, 15) is 12.8 Å². The molecule has 0 saturated heterocycles. The normalized spacial score (nSPS) is 11.8. The van der Waals surface area contributed by atoms with Crippen LogP contribution >= 0.6 is 0 Å². The van der Waals surface area contributed by atoms with Gasteiger partial charge in [0.05, 0.1) is 6.26 Å². The van der Waals surface area contributed by atoms with Crippen molar-refractivity contribution in [2.75, 3.05) is 6.26 Å². The zero-order chi connectivity index (χ0) is 14.6. The van der Waals surface area contributed by atoms with Gasteiger partial charge in [-0.1, -0.05) is 18.2 Å². The first-order valence-electron chi connectivity index (χ1n) is 6.03. The second-order valence-electron chi connectivity index (χ2n) is 4.52. The molecule has 0 spiro atoms. The fourth-order valence-electron chi connectivity index (χ4n) is 1.78. The van der Waals surface area contributed by atoms with Crippen molar-refractivity contribution >= 4 is 10.0 Å². The number of aromatic nitrogens is 1. The molecular formula is C14H15FN2O2S. The lowest BCUT2D eigenvalue weighted by Gasteiger charge is -2.20. The van der Waals surface area contributed by atoms with Gasteiger partial charge in [0.25, 0.3) is 0 Å². The van der Waals surface area contributed by atoms with Gasteiger partial charge in [0.2, 0.25) is 10.0 Å². The van der Waals surface area contributed by atoms with E-state index >= 15 is 0 Å². The summed E-state index contributed by atoms with van der Waals surface area (Å²) in [4.78, 5) is 3.97. The first kappa shape index (κ1) is 14.6. The Balaban J connectivity index is 2.19. The summed E-state index contributed by atoms with van der Waals surface area (Å²) >= 11 is 0. The summed E-state index contributed by atoms with van der Waals surface area (Å²) < 4.78 is 37.9. The fraction of sp³-hybridized carbons (Fsp3) is 0.214. The molecule has 0 bridgehead atoms. The maximum absolute atomic E-state index is 12.9. The van der Waals surface area contributed by atoms with Crippen LogP contribution in [0.2, 0.25) is 0 Å². The lowest BCUT2D eigenvalue weighted by molar-refractivity contribution is 0.404. The van der Waals surface area contributed by atoms with Crippen LogP contribution in [0.25, 0.3) is 0 Å². The molecule has 2 rings (SSSR count). The zero-order valence-corrected chi connectivity index (χ0v) is 11.8. The Morgan fingerprint density at radius 2 is 1.75 bits per heavy atom. The molecule has 0 saturated carbocycles. The average molecular weight is 294 g/mol. The summed E-state index contributed by atoms with van der Waals surface area (Å²) in [5.41, 5.74) is 1.54. The SMILES string of the molecule is CS(=O)(=O)N(Cc1ccc(F)cc1)Cc1cccnc1. The Bertz CT molecular complexity index is 657. The molecule has 20 heavy (non-hydrogen) atoms. The van der Waals surface area contributed by atoms with Crippen molar-refractivity contribution in [3.05, 3.63) is 65.7 Å². The molecule has 0 atom stereocenters. The molecule has 1 aromatic carbocycles. The van der Waals surface area contributed by atoms with E-state index in [2.05, 4.69) is 4.98 Å². The molecule has 1 heterocycles. The van der Waals surface area contributed by atoms with Crippen molar-refractivity contribution in [1.82, 2.24) is 9.29 Å². The minimum absolute atomic E-state index is 0.202. The van der Waals surface area contributed by atoms with Crippen molar-refractivity contribution in [2.24, 2.45) is 0 Å². The van der Waals surface area contributed by atoms with E-state index in [1.165, 1.54) is 16.4 Å². The summed E-state index contributed by atoms with van der Waals surface area (Å²) in [5.74, 6) is -0.341. The van der Waals surface area contributed by atoms with Crippen LogP contribution in [0.5, 0.6) is 0 Å². The van der Waals surface area contributed by atoms with Gasteiger partial charge in [-0.25, -0.2) is 12.8 Å². The van der Waals surface area contributed by atoms with E-state index in [0.717, 1.165) is 17.4 Å². The monoisotopic (exact) mass is 294 g/mol. The molecule has 4 nitrogen and oxygen atoms in total. The largest absolute Gasteiger partial charge is 0.264 e.